The van der Waals surface area contributed by atoms with Crippen molar-refractivity contribution in [2.45, 2.75) is 39.3 Å². The van der Waals surface area contributed by atoms with Crippen LogP contribution in [-0.2, 0) is 0 Å². The van der Waals surface area contributed by atoms with Crippen molar-refractivity contribution >= 4 is 23.7 Å². The van der Waals surface area contributed by atoms with Gasteiger partial charge >= 0.3 is 6.18 Å². The fraction of sp³-hybridized carbons (Fsp3) is 0.562. The Hall–Kier alpha value is -1.37. The topological polar surface area (TPSA) is 34.2 Å². The van der Waals surface area contributed by atoms with E-state index in [-0.39, 0.29) is 0 Å². The molecule has 23 heavy (non-hydrogen) atoms. The van der Waals surface area contributed by atoms with Crippen LogP contribution in [0.2, 0.25) is 0 Å². The van der Waals surface area contributed by atoms with Crippen LogP contribution in [0.1, 0.15) is 38.7 Å². The highest BCUT2D eigenvalue weighted by molar-refractivity contribution is 7.99. The maximum absolute atomic E-state index is 11.5. The molecule has 0 amide bonds. The predicted molar refractivity (Wildman–Crippen MR) is 92.8 cm³/mol. The lowest BCUT2D eigenvalue weighted by Crippen LogP contribution is -2.28. The molecular formula is C16H25F3N2OS. The van der Waals surface area contributed by atoms with Gasteiger partial charge in [-0.05, 0) is 18.9 Å². The van der Waals surface area contributed by atoms with Crippen LogP contribution in [-0.4, -0.2) is 24.5 Å². The van der Waals surface area contributed by atoms with E-state index in [1.807, 2.05) is 26.2 Å². The summed E-state index contributed by atoms with van der Waals surface area (Å²) in [6.45, 7) is 7.69. The minimum atomic E-state index is -3.90. The molecule has 2 rings (SSSR count). The number of rotatable bonds is 4. The summed E-state index contributed by atoms with van der Waals surface area (Å²) >= 11 is 1.52. The number of hydrogen-bond acceptors (Lipinski definition) is 4. The van der Waals surface area contributed by atoms with E-state index in [4.69, 9.17) is 4.74 Å². The van der Waals surface area contributed by atoms with Gasteiger partial charge in [-0.25, -0.2) is 4.98 Å². The molecule has 0 saturated heterocycles. The maximum Gasteiger partial charge on any atom is 0.391 e. The van der Waals surface area contributed by atoms with Crippen LogP contribution >= 0.6 is 11.9 Å². The van der Waals surface area contributed by atoms with Crippen molar-refractivity contribution in [3.05, 3.63) is 24.4 Å². The van der Waals surface area contributed by atoms with Gasteiger partial charge in [-0.15, -0.1) is 0 Å². The van der Waals surface area contributed by atoms with Crippen LogP contribution in [0.15, 0.2) is 18.8 Å². The highest BCUT2D eigenvalue weighted by Gasteiger charge is 2.42. The molecule has 1 saturated carbocycles. The van der Waals surface area contributed by atoms with E-state index >= 15 is 0 Å². The average molecular weight is 350 g/mol. The normalized spacial score (nSPS) is 13.5. The Morgan fingerprint density at radius 3 is 2.30 bits per heavy atom. The van der Waals surface area contributed by atoms with Crippen LogP contribution in [0.4, 0.5) is 18.9 Å². The lowest BCUT2D eigenvalue weighted by molar-refractivity contribution is -0.193. The molecule has 1 aromatic heterocycles. The Morgan fingerprint density at radius 1 is 1.39 bits per heavy atom. The first-order valence-corrected chi connectivity index (χ1v) is 8.67. The Balaban J connectivity index is 0.000000414. The van der Waals surface area contributed by atoms with Crippen LogP contribution in [0.5, 0.6) is 5.88 Å². The van der Waals surface area contributed by atoms with E-state index < -0.39 is 12.1 Å². The summed E-state index contributed by atoms with van der Waals surface area (Å²) in [5.74, 6) is -0.371. The molecule has 1 aliphatic carbocycles. The van der Waals surface area contributed by atoms with Crippen molar-refractivity contribution in [3.63, 3.8) is 0 Å². The molecule has 0 radical (unpaired) electrons. The van der Waals surface area contributed by atoms with Crippen LogP contribution < -0.4 is 9.46 Å². The summed E-state index contributed by atoms with van der Waals surface area (Å²) in [5, 5.41) is 0. The van der Waals surface area contributed by atoms with Gasteiger partial charge in [0.2, 0.25) is 5.88 Å². The number of nitrogens with one attached hydrogen (secondary N) is 1. The molecule has 0 spiro atoms. The first-order chi connectivity index (χ1) is 10.9. The standard InChI is InChI=1S/C9H12N2OS.C5H7F3.C2H6/c1-4-7-5-8(11-13-3)6-10-9(7)12-2;6-5(7,8)4-2-1-3-4;1-2/h4-6,11H,1H2,2-3H3;4H,1-3H2;1-2H3. The molecule has 1 aliphatic rings. The Labute approximate surface area is 140 Å². The van der Waals surface area contributed by atoms with Crippen molar-refractivity contribution in [3.8, 4) is 5.88 Å². The number of alkyl halides is 3. The second-order valence-electron chi connectivity index (χ2n) is 4.50. The molecule has 1 N–H and O–H groups in total. The molecule has 1 heterocycles. The van der Waals surface area contributed by atoms with E-state index in [9.17, 15) is 13.2 Å². The molecule has 0 unspecified atom stereocenters. The smallest absolute Gasteiger partial charge is 0.391 e. The molecule has 1 aromatic rings. The van der Waals surface area contributed by atoms with Gasteiger partial charge < -0.3 is 9.46 Å². The van der Waals surface area contributed by atoms with Crippen LogP contribution in [0.3, 0.4) is 0 Å². The molecule has 1 fully saturated rings. The second-order valence-corrected chi connectivity index (χ2v) is 5.11. The van der Waals surface area contributed by atoms with Gasteiger partial charge in [-0.3, -0.25) is 0 Å². The summed E-state index contributed by atoms with van der Waals surface area (Å²) in [6.07, 6.45) is 2.95. The monoisotopic (exact) mass is 350 g/mol. The molecular weight excluding hydrogens is 325 g/mol. The quantitative estimate of drug-likeness (QED) is 0.696. The number of hydrogen-bond donors (Lipinski definition) is 1. The summed E-state index contributed by atoms with van der Waals surface area (Å²) in [6, 6.07) is 1.94. The zero-order chi connectivity index (χ0) is 17.9. The van der Waals surface area contributed by atoms with Gasteiger partial charge in [0.1, 0.15) is 0 Å². The van der Waals surface area contributed by atoms with Crippen LogP contribution in [0.25, 0.3) is 6.08 Å². The third kappa shape index (κ3) is 7.63. The molecule has 132 valence electrons. The summed E-state index contributed by atoms with van der Waals surface area (Å²) in [4.78, 5) is 4.12. The molecule has 0 bridgehead atoms. The maximum atomic E-state index is 11.5. The van der Waals surface area contributed by atoms with E-state index in [2.05, 4.69) is 16.3 Å². The van der Waals surface area contributed by atoms with Crippen LogP contribution in [0, 0.1) is 5.92 Å². The summed E-state index contributed by atoms with van der Waals surface area (Å²) in [5.41, 5.74) is 1.84. The number of methoxy groups -OCH3 is 1. The lowest BCUT2D eigenvalue weighted by Gasteiger charge is -2.27. The van der Waals surface area contributed by atoms with E-state index in [0.717, 1.165) is 17.7 Å². The fourth-order valence-corrected chi connectivity index (χ4v) is 2.04. The number of anilines is 1. The molecule has 0 atom stereocenters. The van der Waals surface area contributed by atoms with Gasteiger partial charge in [-0.1, -0.05) is 44.9 Å². The van der Waals surface area contributed by atoms with Gasteiger partial charge in [-0.2, -0.15) is 13.2 Å². The van der Waals surface area contributed by atoms with Gasteiger partial charge in [0.15, 0.2) is 0 Å². The number of halogens is 3. The van der Waals surface area contributed by atoms with Crippen molar-refractivity contribution in [1.29, 1.82) is 0 Å². The fourth-order valence-electron chi connectivity index (χ4n) is 1.70. The lowest BCUT2D eigenvalue weighted by atomic mass is 9.85. The Bertz CT molecular complexity index is 463. The minimum absolute atomic E-state index is 0.351. The molecule has 7 heteroatoms. The van der Waals surface area contributed by atoms with Crippen molar-refractivity contribution in [2.75, 3.05) is 18.1 Å². The highest BCUT2D eigenvalue weighted by Crippen LogP contribution is 2.40. The van der Waals surface area contributed by atoms with Crippen molar-refractivity contribution in [1.82, 2.24) is 4.98 Å². The highest BCUT2D eigenvalue weighted by atomic mass is 32.2. The number of pyridine rings is 1. The van der Waals surface area contributed by atoms with Gasteiger partial charge in [0, 0.05) is 11.8 Å². The number of aromatic nitrogens is 1. The summed E-state index contributed by atoms with van der Waals surface area (Å²) in [7, 11) is 1.59. The average Bonchev–Trinajstić information content (AvgIpc) is 2.46. The van der Waals surface area contributed by atoms with E-state index in [0.29, 0.717) is 18.7 Å². The minimum Gasteiger partial charge on any atom is -0.481 e. The molecule has 0 aromatic carbocycles. The Kier molecular flexibility index (Phi) is 10.5. The first kappa shape index (κ1) is 21.6. The number of nitrogens with zero attached hydrogens (tertiary/aromatic N) is 1. The number of ether oxygens (including phenoxy) is 1. The van der Waals surface area contributed by atoms with Crippen molar-refractivity contribution in [2.24, 2.45) is 5.92 Å². The molecule has 3 nitrogen and oxygen atoms in total. The third-order valence-electron chi connectivity index (χ3n) is 3.08. The van der Waals surface area contributed by atoms with E-state index in [1.165, 1.54) is 11.9 Å². The summed E-state index contributed by atoms with van der Waals surface area (Å²) < 4.78 is 42.6. The Morgan fingerprint density at radius 2 is 2.00 bits per heavy atom. The van der Waals surface area contributed by atoms with Gasteiger partial charge in [0.05, 0.1) is 24.9 Å². The third-order valence-corrected chi connectivity index (χ3v) is 3.52. The second kappa shape index (κ2) is 11.2. The zero-order valence-corrected chi connectivity index (χ0v) is 14.9. The largest absolute Gasteiger partial charge is 0.481 e. The van der Waals surface area contributed by atoms with E-state index in [1.54, 1.807) is 19.4 Å². The van der Waals surface area contributed by atoms with Crippen molar-refractivity contribution < 1.29 is 17.9 Å². The first-order valence-electron chi connectivity index (χ1n) is 7.44. The molecule has 0 aliphatic heterocycles. The van der Waals surface area contributed by atoms with Gasteiger partial charge in [0.25, 0.3) is 0 Å². The SMILES string of the molecule is C=Cc1cc(NSC)cnc1OC.CC.FC(F)(F)C1CCC1. The zero-order valence-electron chi connectivity index (χ0n) is 14.0. The predicted octanol–water partition coefficient (Wildman–Crippen LogP) is 5.80.